The summed E-state index contributed by atoms with van der Waals surface area (Å²) >= 11 is 1.18. The van der Waals surface area contributed by atoms with Gasteiger partial charge < -0.3 is 4.42 Å². The normalized spacial score (nSPS) is 17.7. The summed E-state index contributed by atoms with van der Waals surface area (Å²) in [6.45, 7) is 4.45. The van der Waals surface area contributed by atoms with Crippen molar-refractivity contribution >= 4 is 33.3 Å². The second-order valence-corrected chi connectivity index (χ2v) is 10.5. The molecule has 8 nitrogen and oxygen atoms in total. The monoisotopic (exact) mass is 446 g/mol. The summed E-state index contributed by atoms with van der Waals surface area (Å²) in [6, 6.07) is 9.21. The van der Waals surface area contributed by atoms with E-state index < -0.39 is 15.9 Å². The topological polar surface area (TPSA) is 105 Å². The Morgan fingerprint density at radius 3 is 2.87 bits per heavy atom. The van der Waals surface area contributed by atoms with Crippen LogP contribution in [0.2, 0.25) is 0 Å². The highest BCUT2D eigenvalue weighted by molar-refractivity contribution is 7.91. The molecule has 1 N–H and O–H groups in total. The highest BCUT2D eigenvalue weighted by Crippen LogP contribution is 2.28. The number of amides is 1. The number of nitrogens with one attached hydrogen (secondary N) is 1. The zero-order chi connectivity index (χ0) is 21.3. The minimum atomic E-state index is -3.58. The Bertz CT molecular complexity index is 1160. The van der Waals surface area contributed by atoms with Gasteiger partial charge in [-0.25, -0.2) is 8.42 Å². The molecule has 2 aromatic heterocycles. The van der Waals surface area contributed by atoms with Gasteiger partial charge in [0.25, 0.3) is 10.0 Å². The van der Waals surface area contributed by atoms with E-state index in [1.165, 1.54) is 15.6 Å². The lowest BCUT2D eigenvalue weighted by Gasteiger charge is -2.30. The van der Waals surface area contributed by atoms with Gasteiger partial charge in [0.2, 0.25) is 11.8 Å². The molecule has 1 unspecified atom stereocenters. The molecule has 4 rings (SSSR count). The van der Waals surface area contributed by atoms with Crippen LogP contribution < -0.4 is 5.32 Å². The molecule has 0 radical (unpaired) electrons. The molecule has 0 aliphatic carbocycles. The van der Waals surface area contributed by atoms with Gasteiger partial charge in [-0.1, -0.05) is 28.9 Å². The van der Waals surface area contributed by atoms with Gasteiger partial charge in [-0.15, -0.1) is 16.4 Å². The molecule has 1 saturated heterocycles. The number of sulfonamides is 1. The first kappa shape index (κ1) is 20.7. The van der Waals surface area contributed by atoms with Crippen molar-refractivity contribution in [1.29, 1.82) is 0 Å². The summed E-state index contributed by atoms with van der Waals surface area (Å²) in [5.41, 5.74) is 2.87. The first-order chi connectivity index (χ1) is 14.3. The smallest absolute Gasteiger partial charge is 0.322 e. The maximum Gasteiger partial charge on any atom is 0.322 e. The third-order valence-electron chi connectivity index (χ3n) is 5.12. The molecule has 1 atom stereocenters. The van der Waals surface area contributed by atoms with Crippen molar-refractivity contribution in [3.8, 4) is 11.5 Å². The van der Waals surface area contributed by atoms with Crippen molar-refractivity contribution in [1.82, 2.24) is 14.5 Å². The van der Waals surface area contributed by atoms with Gasteiger partial charge in [-0.2, -0.15) is 4.31 Å². The number of aryl methyl sites for hydroxylation is 2. The van der Waals surface area contributed by atoms with Crippen LogP contribution in [0.1, 0.15) is 24.0 Å². The molecule has 158 valence electrons. The summed E-state index contributed by atoms with van der Waals surface area (Å²) in [5.74, 6) is -0.473. The Balaban J connectivity index is 1.45. The predicted octanol–water partition coefficient (Wildman–Crippen LogP) is 3.45. The van der Waals surface area contributed by atoms with Crippen molar-refractivity contribution < 1.29 is 17.6 Å². The van der Waals surface area contributed by atoms with E-state index in [4.69, 9.17) is 4.42 Å². The average Bonchev–Trinajstić information content (AvgIpc) is 3.42. The van der Waals surface area contributed by atoms with Crippen LogP contribution in [0, 0.1) is 19.8 Å². The highest BCUT2D eigenvalue weighted by Gasteiger charge is 2.34. The molecule has 10 heteroatoms. The summed E-state index contributed by atoms with van der Waals surface area (Å²) in [6.07, 6.45) is 1.21. The lowest BCUT2D eigenvalue weighted by Crippen LogP contribution is -2.43. The molecule has 3 aromatic rings. The van der Waals surface area contributed by atoms with Crippen LogP contribution in [0.25, 0.3) is 11.5 Å². The van der Waals surface area contributed by atoms with Gasteiger partial charge in [0.05, 0.1) is 5.92 Å². The quantitative estimate of drug-likeness (QED) is 0.643. The van der Waals surface area contributed by atoms with E-state index in [0.717, 1.165) is 16.7 Å². The fourth-order valence-electron chi connectivity index (χ4n) is 3.47. The van der Waals surface area contributed by atoms with Crippen molar-refractivity contribution in [2.45, 2.75) is 30.9 Å². The Labute approximate surface area is 179 Å². The molecule has 1 aliphatic rings. The predicted molar refractivity (Wildman–Crippen MR) is 114 cm³/mol. The van der Waals surface area contributed by atoms with Crippen molar-refractivity contribution in [2.75, 3.05) is 18.4 Å². The van der Waals surface area contributed by atoms with Crippen LogP contribution in [0.15, 0.2) is 44.3 Å². The number of carbonyl (C=O) groups excluding carboxylic acids is 1. The van der Waals surface area contributed by atoms with Crippen LogP contribution in [0.4, 0.5) is 6.01 Å². The zero-order valence-electron chi connectivity index (χ0n) is 16.7. The van der Waals surface area contributed by atoms with Crippen LogP contribution in [0.5, 0.6) is 0 Å². The molecule has 0 spiro atoms. The average molecular weight is 447 g/mol. The van der Waals surface area contributed by atoms with E-state index in [0.29, 0.717) is 29.5 Å². The number of nitrogens with zero attached hydrogens (tertiary/aromatic N) is 3. The molecule has 0 bridgehead atoms. The molecule has 30 heavy (non-hydrogen) atoms. The Hall–Kier alpha value is -2.56. The largest absolute Gasteiger partial charge is 0.403 e. The zero-order valence-corrected chi connectivity index (χ0v) is 18.3. The van der Waals surface area contributed by atoms with Crippen molar-refractivity contribution in [2.24, 2.45) is 5.92 Å². The molecular formula is C20H22N4O4S2. The van der Waals surface area contributed by atoms with Gasteiger partial charge in [-0.05, 0) is 49.8 Å². The number of aromatic nitrogens is 2. The molecule has 1 amide bonds. The van der Waals surface area contributed by atoms with Crippen molar-refractivity contribution in [3.05, 3.63) is 46.8 Å². The summed E-state index contributed by atoms with van der Waals surface area (Å²) < 4.78 is 32.8. The number of thiophene rings is 1. The number of benzene rings is 1. The van der Waals surface area contributed by atoms with Gasteiger partial charge in [-0.3, -0.25) is 10.1 Å². The lowest BCUT2D eigenvalue weighted by atomic mass is 9.99. The van der Waals surface area contributed by atoms with Crippen LogP contribution in [-0.4, -0.2) is 41.9 Å². The number of anilines is 1. The molecular weight excluding hydrogens is 424 g/mol. The maximum atomic E-state index is 12.8. The van der Waals surface area contributed by atoms with E-state index >= 15 is 0 Å². The first-order valence-electron chi connectivity index (χ1n) is 9.60. The third kappa shape index (κ3) is 4.16. The number of hydrogen-bond acceptors (Lipinski definition) is 7. The number of carbonyl (C=O) groups is 1. The molecule has 0 saturated carbocycles. The summed E-state index contributed by atoms with van der Waals surface area (Å²) in [4.78, 5) is 12.7. The minimum Gasteiger partial charge on any atom is -0.403 e. The fourth-order valence-corrected chi connectivity index (χ4v) is 6.14. The van der Waals surface area contributed by atoms with Gasteiger partial charge in [0, 0.05) is 18.7 Å². The van der Waals surface area contributed by atoms with E-state index in [2.05, 4.69) is 15.5 Å². The summed E-state index contributed by atoms with van der Waals surface area (Å²) in [5, 5.41) is 12.3. The molecule has 1 fully saturated rings. The first-order valence-corrected chi connectivity index (χ1v) is 11.9. The standard InChI is InChI=1S/C20H22N4O4S2/c1-13-7-8-14(2)16(11-13)19-22-23-20(28-19)21-18(25)15-5-3-9-24(12-15)30(26,27)17-6-4-10-29-17/h4,6-8,10-11,15H,3,5,9,12H2,1-2H3,(H,21,23,25). The van der Waals surface area contributed by atoms with Gasteiger partial charge in [0.15, 0.2) is 0 Å². The second-order valence-electron chi connectivity index (χ2n) is 7.35. The summed E-state index contributed by atoms with van der Waals surface area (Å²) in [7, 11) is -3.58. The van der Waals surface area contributed by atoms with Crippen LogP contribution in [-0.2, 0) is 14.8 Å². The number of hydrogen-bond donors (Lipinski definition) is 1. The van der Waals surface area contributed by atoms with E-state index in [9.17, 15) is 13.2 Å². The second kappa shape index (κ2) is 8.29. The minimum absolute atomic E-state index is 0.00847. The molecule has 1 aromatic carbocycles. The number of piperidine rings is 1. The fraction of sp³-hybridized carbons (Fsp3) is 0.350. The van der Waals surface area contributed by atoms with Crippen LogP contribution >= 0.6 is 11.3 Å². The van der Waals surface area contributed by atoms with E-state index in [1.807, 2.05) is 32.0 Å². The Kier molecular flexibility index (Phi) is 5.72. The number of rotatable bonds is 5. The van der Waals surface area contributed by atoms with Gasteiger partial charge in [0.1, 0.15) is 4.21 Å². The lowest BCUT2D eigenvalue weighted by molar-refractivity contribution is -0.121. The van der Waals surface area contributed by atoms with Crippen molar-refractivity contribution in [3.63, 3.8) is 0 Å². The highest BCUT2D eigenvalue weighted by atomic mass is 32.2. The van der Waals surface area contributed by atoms with E-state index in [1.54, 1.807) is 17.5 Å². The third-order valence-corrected chi connectivity index (χ3v) is 8.36. The Morgan fingerprint density at radius 1 is 1.27 bits per heavy atom. The Morgan fingerprint density at radius 2 is 2.10 bits per heavy atom. The maximum absolute atomic E-state index is 12.8. The molecule has 3 heterocycles. The van der Waals surface area contributed by atoms with E-state index in [-0.39, 0.29) is 18.5 Å². The van der Waals surface area contributed by atoms with Gasteiger partial charge >= 0.3 is 6.01 Å². The van der Waals surface area contributed by atoms with Crippen LogP contribution in [0.3, 0.4) is 0 Å². The molecule has 1 aliphatic heterocycles. The SMILES string of the molecule is Cc1ccc(C)c(-c2nnc(NC(=O)C3CCCN(S(=O)(=O)c4cccs4)C3)o2)c1.